The molecule has 0 saturated heterocycles. The van der Waals surface area contributed by atoms with Gasteiger partial charge in [0.1, 0.15) is 5.69 Å². The summed E-state index contributed by atoms with van der Waals surface area (Å²) in [6.07, 6.45) is 1.74. The first kappa shape index (κ1) is 15.0. The summed E-state index contributed by atoms with van der Waals surface area (Å²) in [6.45, 7) is 0. The van der Waals surface area contributed by atoms with Crippen molar-refractivity contribution in [1.29, 1.82) is 0 Å². The van der Waals surface area contributed by atoms with E-state index in [1.807, 2.05) is 48.3 Å². The first-order valence-corrected chi connectivity index (χ1v) is 7.77. The van der Waals surface area contributed by atoms with Crippen LogP contribution in [-0.2, 0) is 0 Å². The number of hydrogen-bond donors (Lipinski definition) is 0. The van der Waals surface area contributed by atoms with Crippen LogP contribution in [0.25, 0.3) is 0 Å². The number of anilines is 2. The molecule has 1 aliphatic rings. The molecular formula is C19H14N4O2. The number of fused-ring (bicyclic) bond motifs is 2. The van der Waals surface area contributed by atoms with E-state index in [0.717, 1.165) is 34.0 Å². The van der Waals surface area contributed by atoms with Crippen LogP contribution in [0.15, 0.2) is 71.9 Å². The van der Waals surface area contributed by atoms with Crippen LogP contribution in [0.1, 0.15) is 11.1 Å². The van der Waals surface area contributed by atoms with E-state index in [1.165, 1.54) is 12.1 Å². The molecule has 0 amide bonds. The molecular weight excluding hydrogens is 316 g/mol. The van der Waals surface area contributed by atoms with Gasteiger partial charge >= 0.3 is 0 Å². The maximum Gasteiger partial charge on any atom is 0.269 e. The summed E-state index contributed by atoms with van der Waals surface area (Å²) >= 11 is 0. The minimum atomic E-state index is -0.403. The third-order valence-corrected chi connectivity index (χ3v) is 4.19. The van der Waals surface area contributed by atoms with E-state index in [2.05, 4.69) is 4.98 Å². The molecule has 3 aromatic rings. The van der Waals surface area contributed by atoms with Crippen molar-refractivity contribution in [2.45, 2.75) is 0 Å². The Labute approximate surface area is 144 Å². The zero-order valence-electron chi connectivity index (χ0n) is 13.5. The molecule has 0 radical (unpaired) electrons. The summed E-state index contributed by atoms with van der Waals surface area (Å²) in [5.41, 5.74) is 4.35. The molecule has 0 N–H and O–H groups in total. The normalized spacial score (nSPS) is 12.7. The van der Waals surface area contributed by atoms with Gasteiger partial charge in [-0.2, -0.15) is 0 Å². The van der Waals surface area contributed by atoms with Gasteiger partial charge in [-0.1, -0.05) is 18.2 Å². The molecule has 0 unspecified atom stereocenters. The standard InChI is InChI=1S/C19H14N4O2/c1-22-17-7-3-2-5-15(17)18(21-16-6-4-12-20-19(16)22)13-8-10-14(11-9-13)23(24)25/h2-12H,1H3. The van der Waals surface area contributed by atoms with Crippen LogP contribution in [0.3, 0.4) is 0 Å². The second kappa shape index (κ2) is 5.83. The molecule has 6 nitrogen and oxygen atoms in total. The molecule has 0 fully saturated rings. The summed E-state index contributed by atoms with van der Waals surface area (Å²) < 4.78 is 0. The Morgan fingerprint density at radius 2 is 1.76 bits per heavy atom. The molecule has 25 heavy (non-hydrogen) atoms. The average molecular weight is 330 g/mol. The van der Waals surface area contributed by atoms with Crippen LogP contribution in [0.2, 0.25) is 0 Å². The molecule has 2 aromatic carbocycles. The van der Waals surface area contributed by atoms with Gasteiger partial charge in [-0.25, -0.2) is 9.98 Å². The van der Waals surface area contributed by atoms with Crippen molar-refractivity contribution in [1.82, 2.24) is 4.98 Å². The highest BCUT2D eigenvalue weighted by Gasteiger charge is 2.22. The number of pyridine rings is 1. The highest BCUT2D eigenvalue weighted by Crippen LogP contribution is 2.37. The van der Waals surface area contributed by atoms with Gasteiger partial charge in [-0.15, -0.1) is 0 Å². The number of nitro groups is 1. The second-order valence-corrected chi connectivity index (χ2v) is 5.69. The van der Waals surface area contributed by atoms with Crippen LogP contribution < -0.4 is 4.90 Å². The zero-order chi connectivity index (χ0) is 17.4. The number of rotatable bonds is 2. The maximum atomic E-state index is 10.9. The van der Waals surface area contributed by atoms with E-state index in [0.29, 0.717) is 0 Å². The Hall–Kier alpha value is -3.54. The molecule has 122 valence electrons. The SMILES string of the molecule is CN1c2ccccc2C(c2ccc([N+](=O)[O-])cc2)=Nc2cccnc21. The van der Waals surface area contributed by atoms with E-state index < -0.39 is 4.92 Å². The number of hydrogen-bond acceptors (Lipinski definition) is 5. The van der Waals surface area contributed by atoms with Gasteiger partial charge < -0.3 is 4.90 Å². The van der Waals surface area contributed by atoms with Crippen LogP contribution in [0.5, 0.6) is 0 Å². The number of benzene rings is 2. The quantitative estimate of drug-likeness (QED) is 0.520. The van der Waals surface area contributed by atoms with Crippen LogP contribution >= 0.6 is 0 Å². The number of nitro benzene ring substituents is 1. The lowest BCUT2D eigenvalue weighted by Gasteiger charge is -2.20. The Morgan fingerprint density at radius 1 is 1.00 bits per heavy atom. The zero-order valence-corrected chi connectivity index (χ0v) is 13.5. The third-order valence-electron chi connectivity index (χ3n) is 4.19. The van der Waals surface area contributed by atoms with Gasteiger partial charge in [0.25, 0.3) is 5.69 Å². The van der Waals surface area contributed by atoms with Gasteiger partial charge in [0.15, 0.2) is 5.82 Å². The van der Waals surface area contributed by atoms with Crippen molar-refractivity contribution >= 4 is 28.6 Å². The predicted molar refractivity (Wildman–Crippen MR) is 97.1 cm³/mol. The molecule has 1 aromatic heterocycles. The van der Waals surface area contributed by atoms with E-state index in [1.54, 1.807) is 18.3 Å². The van der Waals surface area contributed by atoms with Crippen molar-refractivity contribution in [2.24, 2.45) is 4.99 Å². The molecule has 0 spiro atoms. The van der Waals surface area contributed by atoms with Crippen LogP contribution in [0, 0.1) is 10.1 Å². The smallest absolute Gasteiger partial charge is 0.269 e. The highest BCUT2D eigenvalue weighted by molar-refractivity contribution is 6.18. The molecule has 4 rings (SSSR count). The van der Waals surface area contributed by atoms with Gasteiger partial charge in [-0.05, 0) is 30.3 Å². The minimum absolute atomic E-state index is 0.0606. The fraction of sp³-hybridized carbons (Fsp3) is 0.0526. The largest absolute Gasteiger partial charge is 0.327 e. The Balaban J connectivity index is 1.95. The Kier molecular flexibility index (Phi) is 3.50. The summed E-state index contributed by atoms with van der Waals surface area (Å²) in [5.74, 6) is 0.770. The van der Waals surface area contributed by atoms with Crippen molar-refractivity contribution in [3.05, 3.63) is 88.1 Å². The number of nitrogens with zero attached hydrogens (tertiary/aromatic N) is 4. The third kappa shape index (κ3) is 2.53. The van der Waals surface area contributed by atoms with Gasteiger partial charge in [0.2, 0.25) is 0 Å². The predicted octanol–water partition coefficient (Wildman–Crippen LogP) is 4.24. The average Bonchev–Trinajstić information content (AvgIpc) is 2.78. The van der Waals surface area contributed by atoms with Gasteiger partial charge in [-0.3, -0.25) is 10.1 Å². The summed E-state index contributed by atoms with van der Waals surface area (Å²) in [5, 5.41) is 10.9. The lowest BCUT2D eigenvalue weighted by molar-refractivity contribution is -0.384. The van der Waals surface area contributed by atoms with Gasteiger partial charge in [0.05, 0.1) is 16.3 Å². The fourth-order valence-corrected chi connectivity index (χ4v) is 2.96. The molecule has 0 bridgehead atoms. The summed E-state index contributed by atoms with van der Waals surface area (Å²) in [4.78, 5) is 21.8. The molecule has 0 atom stereocenters. The lowest BCUT2D eigenvalue weighted by Crippen LogP contribution is -2.13. The Bertz CT molecular complexity index is 996. The van der Waals surface area contributed by atoms with Gasteiger partial charge in [0, 0.05) is 36.5 Å². The fourth-order valence-electron chi connectivity index (χ4n) is 2.96. The molecule has 6 heteroatoms. The van der Waals surface area contributed by atoms with E-state index in [9.17, 15) is 10.1 Å². The summed E-state index contributed by atoms with van der Waals surface area (Å²) in [6, 6.07) is 18.2. The van der Waals surface area contributed by atoms with E-state index in [4.69, 9.17) is 4.99 Å². The first-order chi connectivity index (χ1) is 12.1. The van der Waals surface area contributed by atoms with Crippen molar-refractivity contribution in [3.8, 4) is 0 Å². The molecule has 2 heterocycles. The summed E-state index contributed by atoms with van der Waals surface area (Å²) in [7, 11) is 1.96. The first-order valence-electron chi connectivity index (χ1n) is 7.77. The number of aliphatic imine (C=N–C) groups is 1. The maximum absolute atomic E-state index is 10.9. The second-order valence-electron chi connectivity index (χ2n) is 5.69. The molecule has 0 aliphatic carbocycles. The van der Waals surface area contributed by atoms with Crippen molar-refractivity contribution in [2.75, 3.05) is 11.9 Å². The number of para-hydroxylation sites is 1. The van der Waals surface area contributed by atoms with Crippen LogP contribution in [-0.4, -0.2) is 22.7 Å². The number of aromatic nitrogens is 1. The topological polar surface area (TPSA) is 71.6 Å². The number of non-ortho nitro benzene ring substituents is 1. The minimum Gasteiger partial charge on any atom is -0.327 e. The Morgan fingerprint density at radius 3 is 2.52 bits per heavy atom. The van der Waals surface area contributed by atoms with E-state index >= 15 is 0 Å². The van der Waals surface area contributed by atoms with Crippen LogP contribution in [0.4, 0.5) is 22.9 Å². The van der Waals surface area contributed by atoms with Crippen molar-refractivity contribution in [3.63, 3.8) is 0 Å². The van der Waals surface area contributed by atoms with Crippen molar-refractivity contribution < 1.29 is 4.92 Å². The highest BCUT2D eigenvalue weighted by atomic mass is 16.6. The van der Waals surface area contributed by atoms with E-state index in [-0.39, 0.29) is 5.69 Å². The lowest BCUT2D eigenvalue weighted by atomic mass is 10.00. The molecule has 0 saturated carbocycles. The molecule has 1 aliphatic heterocycles. The monoisotopic (exact) mass is 330 g/mol.